The lowest BCUT2D eigenvalue weighted by molar-refractivity contribution is 0.291. The van der Waals surface area contributed by atoms with Gasteiger partial charge in [0.25, 0.3) is 0 Å². The lowest BCUT2D eigenvalue weighted by Crippen LogP contribution is -2.04. The third-order valence-electron chi connectivity index (χ3n) is 24.7. The Kier molecular flexibility index (Phi) is 22.9. The summed E-state index contributed by atoms with van der Waals surface area (Å²) in [5.74, 6) is 8.64. The molecule has 0 radical (unpaired) electrons. The highest BCUT2D eigenvalue weighted by Crippen LogP contribution is 2.51. The largest absolute Gasteiger partial charge is 0.489 e. The van der Waals surface area contributed by atoms with E-state index in [0.29, 0.717) is 74.1 Å². The predicted octanol–water partition coefficient (Wildman–Crippen LogP) is 29.2. The first-order valence-corrected chi connectivity index (χ1v) is 44.7. The van der Waals surface area contributed by atoms with Crippen LogP contribution < -0.4 is 56.8 Å². The van der Waals surface area contributed by atoms with Gasteiger partial charge in [-0.2, -0.15) is 0 Å². The van der Waals surface area contributed by atoms with Crippen molar-refractivity contribution in [2.45, 2.75) is 79.3 Å². The molecule has 21 heterocycles. The van der Waals surface area contributed by atoms with Crippen molar-refractivity contribution >= 4 is 64.6 Å². The molecule has 12 nitrogen and oxygen atoms in total. The van der Waals surface area contributed by atoms with E-state index in [1.807, 2.05) is 72.8 Å². The zero-order valence-electron chi connectivity index (χ0n) is 72.5. The minimum absolute atomic E-state index is 0.280. The topological polar surface area (TPSA) is 111 Å². The molecular formula is C120H90O12. The Hall–Kier alpha value is -16.4. The summed E-state index contributed by atoms with van der Waals surface area (Å²) in [5, 5.41) is 12.8. The molecule has 0 saturated carbocycles. The fourth-order valence-electron chi connectivity index (χ4n) is 18.0. The zero-order chi connectivity index (χ0) is 87.9. The van der Waals surface area contributed by atoms with Crippen LogP contribution in [0.1, 0.15) is 66.8 Å². The highest BCUT2D eigenvalue weighted by Gasteiger charge is 2.25. The van der Waals surface area contributed by atoms with Crippen molar-refractivity contribution in [2.75, 3.05) is 0 Å². The maximum absolute atomic E-state index is 7.00. The average Bonchev–Trinajstić information content (AvgIpc) is 0.759. The van der Waals surface area contributed by atoms with Crippen LogP contribution >= 0.6 is 0 Å². The third-order valence-corrected chi connectivity index (χ3v) is 24.7. The van der Waals surface area contributed by atoms with Crippen molar-refractivity contribution in [3.8, 4) is 102 Å². The van der Waals surface area contributed by atoms with Gasteiger partial charge in [0.2, 0.25) is 0 Å². The monoisotopic (exact) mass is 1720 g/mol. The zero-order valence-corrected chi connectivity index (χ0v) is 72.5. The van der Waals surface area contributed by atoms with Crippen LogP contribution in [-0.4, -0.2) is 0 Å². The van der Waals surface area contributed by atoms with Gasteiger partial charge in [-0.25, -0.2) is 0 Å². The second-order valence-corrected chi connectivity index (χ2v) is 33.6. The number of benzene rings is 20. The van der Waals surface area contributed by atoms with E-state index in [1.54, 1.807) is 0 Å². The molecule has 20 aromatic rings. The third kappa shape index (κ3) is 17.9. The van der Waals surface area contributed by atoms with Gasteiger partial charge in [-0.1, -0.05) is 255 Å². The van der Waals surface area contributed by atoms with Gasteiger partial charge >= 0.3 is 0 Å². The van der Waals surface area contributed by atoms with E-state index < -0.39 is 0 Å². The summed E-state index contributed by atoms with van der Waals surface area (Å²) in [6.45, 7) is 3.45. The summed E-state index contributed by atoms with van der Waals surface area (Å²) in [6.07, 6.45) is 0. The molecule has 642 valence electrons. The van der Waals surface area contributed by atoms with Crippen molar-refractivity contribution in [2.24, 2.45) is 0 Å². The van der Waals surface area contributed by atoms with Crippen molar-refractivity contribution in [3.05, 3.63) is 467 Å². The highest BCUT2D eigenvalue weighted by molar-refractivity contribution is 6.13. The maximum atomic E-state index is 7.00. The van der Waals surface area contributed by atoms with Crippen LogP contribution in [0.5, 0.6) is 69.0 Å². The molecule has 21 aliphatic heterocycles. The first kappa shape index (κ1) is 81.3. The Morgan fingerprint density at radius 2 is 0.250 bits per heavy atom. The minimum Gasteiger partial charge on any atom is -0.489 e. The fraction of sp³-hybridized carbons (Fsp3) is 0.100. The molecule has 0 aromatic heterocycles. The van der Waals surface area contributed by atoms with Crippen molar-refractivity contribution in [3.63, 3.8) is 0 Å². The summed E-state index contributed by atoms with van der Waals surface area (Å²) >= 11 is 0. The number of fused-ring (bicyclic) bond motifs is 6. The second kappa shape index (κ2) is 37.1. The molecule has 0 N–H and O–H groups in total. The van der Waals surface area contributed by atoms with E-state index in [4.69, 9.17) is 56.8 Å². The van der Waals surface area contributed by atoms with Crippen molar-refractivity contribution in [1.82, 2.24) is 0 Å². The molecule has 41 rings (SSSR count). The van der Waals surface area contributed by atoms with Gasteiger partial charge in [0.15, 0.2) is 0 Å². The van der Waals surface area contributed by atoms with Crippen LogP contribution in [0.25, 0.3) is 98.0 Å². The van der Waals surface area contributed by atoms with Gasteiger partial charge in [-0.05, 0) is 277 Å². The Bertz CT molecular complexity index is 6430. The van der Waals surface area contributed by atoms with Gasteiger partial charge in [0.05, 0.1) is 0 Å². The molecule has 0 unspecified atom stereocenters. The highest BCUT2D eigenvalue weighted by atomic mass is 16.5. The first-order chi connectivity index (χ1) is 65.3. The standard InChI is InChI=1S/C120H90O12/c1-7-19-103-91(13-1)37-55-109-115(103)116-104-20-8-2-14-92(104)38-56-110(116)128-68-80-27-45-98(46-28-80)122-74-86-63-89-66-90(64-86)78-126-102-53-35-84(36-54-102)72-132-114-60-42-96-18-6-12-24-108(96)120(114)118-106-22-10-4-16-94(106)40-58-112(118)130-70-82-31-49-100(50-32-82)124-76-88-62-85(73-121-97-43-25-79(26-44-97)67-127-109)61-87(65-88)75-123-99-47-29-81(30-48-99)69-129-111-57-39-93-15-3-9-21-105(93)117(111)119-107-23-11-5-17-95(107)41-59-113(119)131-71-83-33-51-101(52-34-83)125-77-89/h1-66H,67-78H2. The summed E-state index contributed by atoms with van der Waals surface area (Å²) in [4.78, 5) is 0. The molecule has 12 heteroatoms. The normalized spacial score (nSPS) is 13.4. The minimum atomic E-state index is 0.280. The lowest BCUT2D eigenvalue weighted by Gasteiger charge is -2.20. The van der Waals surface area contributed by atoms with Crippen LogP contribution in [-0.2, 0) is 79.3 Å². The Balaban J connectivity index is 0.626. The average molecular weight is 1720 g/mol. The predicted molar refractivity (Wildman–Crippen MR) is 524 cm³/mol. The van der Waals surface area contributed by atoms with Crippen LogP contribution in [0.2, 0.25) is 0 Å². The summed E-state index contributed by atoms with van der Waals surface area (Å²) in [5.41, 5.74) is 17.2. The molecule has 20 aromatic carbocycles. The van der Waals surface area contributed by atoms with Crippen LogP contribution in [0.3, 0.4) is 0 Å². The van der Waals surface area contributed by atoms with Crippen LogP contribution in [0.4, 0.5) is 0 Å². The molecule has 0 aliphatic carbocycles. The maximum Gasteiger partial charge on any atom is 0.128 e. The number of rotatable bonds is 0. The number of hydrogen-bond acceptors (Lipinski definition) is 12. The van der Waals surface area contributed by atoms with Gasteiger partial charge in [-0.3, -0.25) is 0 Å². The summed E-state index contributed by atoms with van der Waals surface area (Å²) in [7, 11) is 0. The van der Waals surface area contributed by atoms with E-state index in [1.165, 1.54) is 0 Å². The Morgan fingerprint density at radius 3 is 0.402 bits per heavy atom. The fourth-order valence-corrected chi connectivity index (χ4v) is 18.0. The molecule has 0 fully saturated rings. The van der Waals surface area contributed by atoms with E-state index in [-0.39, 0.29) is 39.6 Å². The Morgan fingerprint density at radius 1 is 0.114 bits per heavy atom. The Labute approximate surface area is 765 Å². The molecular weight excluding hydrogens is 1630 g/mol. The molecule has 0 spiro atoms. The van der Waals surface area contributed by atoms with Gasteiger partial charge in [0, 0.05) is 33.4 Å². The van der Waals surface area contributed by atoms with E-state index in [9.17, 15) is 0 Å². The SMILES string of the molecule is c1ccc2c3c(ccc2c1)OCc1ccc(cc1)OCc1cc2cc(c1)COc1ccc(cc1)COc1ccc4ccccc4c1-c1c(ccc4ccccc14)OCc1ccc(cc1)OCc1cc(cc(c1)COc1ccc(cc1)COc1ccc4ccccc4c1-c1c(ccc4ccccc14)OCc1ccc(cc1)OC2)COc1ccc(cc1)COc1ccc2ccccc2c1-3. The quantitative estimate of drug-likeness (QED) is 0.144. The molecule has 0 atom stereocenters. The van der Waals surface area contributed by atoms with E-state index >= 15 is 0 Å². The van der Waals surface area contributed by atoms with Gasteiger partial charge < -0.3 is 56.8 Å². The molecule has 0 saturated heterocycles. The van der Waals surface area contributed by atoms with Crippen LogP contribution in [0, 0.1) is 0 Å². The lowest BCUT2D eigenvalue weighted by atomic mass is 9.92. The smallest absolute Gasteiger partial charge is 0.128 e. The molecule has 0 amide bonds. The van der Waals surface area contributed by atoms with E-state index in [2.05, 4.69) is 328 Å². The first-order valence-electron chi connectivity index (χ1n) is 44.7. The molecule has 21 aliphatic rings. The van der Waals surface area contributed by atoms with Crippen molar-refractivity contribution in [1.29, 1.82) is 0 Å². The number of ether oxygens (including phenoxy) is 12. The van der Waals surface area contributed by atoms with Crippen LogP contribution in [0.15, 0.2) is 400 Å². The van der Waals surface area contributed by atoms with E-state index in [0.717, 1.165) is 199 Å². The summed E-state index contributed by atoms with van der Waals surface area (Å²) < 4.78 is 82.2. The second-order valence-electron chi connectivity index (χ2n) is 33.6. The number of hydrogen-bond donors (Lipinski definition) is 0. The summed E-state index contributed by atoms with van der Waals surface area (Å²) in [6, 6.07) is 138. The van der Waals surface area contributed by atoms with Crippen molar-refractivity contribution < 1.29 is 56.8 Å². The van der Waals surface area contributed by atoms with Gasteiger partial charge in [0.1, 0.15) is 148 Å². The van der Waals surface area contributed by atoms with Gasteiger partial charge in [-0.15, -0.1) is 0 Å². The molecule has 132 heavy (non-hydrogen) atoms. The molecule has 18 bridgehead atoms.